The van der Waals surface area contributed by atoms with Crippen molar-refractivity contribution in [3.63, 3.8) is 0 Å². The predicted molar refractivity (Wildman–Crippen MR) is 135 cm³/mol. The van der Waals surface area contributed by atoms with Gasteiger partial charge >= 0.3 is 11.7 Å². The van der Waals surface area contributed by atoms with Crippen LogP contribution in [0.2, 0.25) is 0 Å². The van der Waals surface area contributed by atoms with E-state index >= 15 is 0 Å². The molecule has 2 rings (SSSR count). The third-order valence-corrected chi connectivity index (χ3v) is 5.40. The fraction of sp³-hybridized carbons (Fsp3) is 0.545. The van der Waals surface area contributed by atoms with Crippen LogP contribution in [0, 0.1) is 5.92 Å². The maximum atomic E-state index is 12.8. The first-order valence-corrected chi connectivity index (χ1v) is 11.7. The molecule has 0 aliphatic carbocycles. The zero-order chi connectivity index (χ0) is 27.7. The Kier molecular flexibility index (Phi) is 10.6. The highest BCUT2D eigenvalue weighted by atomic mass is 16.5. The van der Waals surface area contributed by atoms with Crippen molar-refractivity contribution in [3.05, 3.63) is 34.9 Å². The summed E-state index contributed by atoms with van der Waals surface area (Å²) in [5.74, 6) is -2.27. The Morgan fingerprint density at radius 1 is 1.27 bits per heavy atom. The number of aliphatic imine (C=N–C) groups is 1. The highest BCUT2D eigenvalue weighted by Gasteiger charge is 2.35. The van der Waals surface area contributed by atoms with Gasteiger partial charge in [0.2, 0.25) is 11.8 Å². The van der Waals surface area contributed by atoms with Crippen LogP contribution in [0.25, 0.3) is 0 Å². The van der Waals surface area contributed by atoms with Gasteiger partial charge in [-0.25, -0.2) is 9.59 Å². The molecule has 15 heteroatoms. The monoisotopic (exact) mass is 521 g/mol. The van der Waals surface area contributed by atoms with Crippen LogP contribution in [0.1, 0.15) is 39.3 Å². The molecule has 1 aliphatic rings. The van der Waals surface area contributed by atoms with E-state index in [1.165, 1.54) is 24.4 Å². The van der Waals surface area contributed by atoms with Gasteiger partial charge in [0.1, 0.15) is 5.82 Å². The van der Waals surface area contributed by atoms with E-state index in [0.29, 0.717) is 6.42 Å². The second-order valence-electron chi connectivity index (χ2n) is 9.05. The molecule has 5 atom stereocenters. The lowest BCUT2D eigenvalue weighted by molar-refractivity contribution is -0.159. The van der Waals surface area contributed by atoms with Gasteiger partial charge in [-0.1, -0.05) is 19.9 Å². The molecule has 0 fully saturated rings. The van der Waals surface area contributed by atoms with Crippen molar-refractivity contribution >= 4 is 29.6 Å². The molecule has 0 bridgehead atoms. The van der Waals surface area contributed by atoms with E-state index in [0.717, 1.165) is 4.57 Å². The third-order valence-electron chi connectivity index (χ3n) is 5.40. The van der Waals surface area contributed by atoms with E-state index in [4.69, 9.17) is 27.7 Å². The minimum absolute atomic E-state index is 0.00705. The minimum atomic E-state index is -1.50. The van der Waals surface area contributed by atoms with Crippen molar-refractivity contribution < 1.29 is 24.2 Å². The largest absolute Gasteiger partial charge is 0.479 e. The number of guanidine groups is 1. The van der Waals surface area contributed by atoms with Crippen LogP contribution in [0.5, 0.6) is 0 Å². The summed E-state index contributed by atoms with van der Waals surface area (Å²) in [6.45, 7) is 4.01. The van der Waals surface area contributed by atoms with Crippen LogP contribution in [0.3, 0.4) is 0 Å². The molecule has 1 aliphatic heterocycles. The molecule has 204 valence electrons. The Morgan fingerprint density at radius 2 is 1.97 bits per heavy atom. The Balaban J connectivity index is 2.11. The predicted octanol–water partition coefficient (Wildman–Crippen LogP) is -2.24. The van der Waals surface area contributed by atoms with Gasteiger partial charge in [0.05, 0.1) is 12.1 Å². The highest BCUT2D eigenvalue weighted by Crippen LogP contribution is 2.21. The summed E-state index contributed by atoms with van der Waals surface area (Å²) < 4.78 is 6.61. The molecule has 0 spiro atoms. The molecular formula is C22H35N9O6. The van der Waals surface area contributed by atoms with Crippen LogP contribution in [0.15, 0.2) is 34.2 Å². The second kappa shape index (κ2) is 13.4. The average Bonchev–Trinajstić information content (AvgIpc) is 2.78. The molecule has 11 N–H and O–H groups in total. The van der Waals surface area contributed by atoms with E-state index < -0.39 is 53.9 Å². The van der Waals surface area contributed by atoms with E-state index in [-0.39, 0.29) is 37.1 Å². The normalized spacial score (nSPS) is 20.6. The molecule has 2 heterocycles. The number of aliphatic carboxylic acids is 1. The molecule has 15 nitrogen and oxygen atoms in total. The van der Waals surface area contributed by atoms with Gasteiger partial charge in [-0.3, -0.25) is 19.1 Å². The van der Waals surface area contributed by atoms with Crippen LogP contribution in [0.4, 0.5) is 5.82 Å². The summed E-state index contributed by atoms with van der Waals surface area (Å²) in [5, 5.41) is 15.0. The minimum Gasteiger partial charge on any atom is -0.479 e. The molecule has 0 radical (unpaired) electrons. The molecule has 1 aromatic heterocycles. The van der Waals surface area contributed by atoms with Crippen molar-refractivity contribution in [2.45, 2.75) is 63.6 Å². The summed E-state index contributed by atoms with van der Waals surface area (Å²) in [7, 11) is 0. The summed E-state index contributed by atoms with van der Waals surface area (Å²) in [6.07, 6.45) is 2.09. The lowest BCUT2D eigenvalue weighted by Crippen LogP contribution is -2.52. The number of hydrogen-bond acceptors (Lipinski definition) is 9. The van der Waals surface area contributed by atoms with E-state index in [2.05, 4.69) is 20.6 Å². The number of carboxylic acids is 1. The zero-order valence-electron chi connectivity index (χ0n) is 20.7. The number of anilines is 1. The number of nitrogens with zero attached hydrogens (tertiary/aromatic N) is 3. The Bertz CT molecular complexity index is 1080. The van der Waals surface area contributed by atoms with E-state index in [9.17, 15) is 24.3 Å². The topological polar surface area (TPSA) is 256 Å². The second-order valence-corrected chi connectivity index (χ2v) is 9.05. The quantitative estimate of drug-likeness (QED) is 0.0878. The molecule has 0 unspecified atom stereocenters. The fourth-order valence-corrected chi connectivity index (χ4v) is 3.68. The number of carboxylic acid groups (broad SMARTS) is 1. The first-order chi connectivity index (χ1) is 17.4. The van der Waals surface area contributed by atoms with Crippen molar-refractivity contribution in [2.75, 3.05) is 12.3 Å². The molecule has 2 amide bonds. The summed E-state index contributed by atoms with van der Waals surface area (Å²) in [6, 6.07) is -1.11. The van der Waals surface area contributed by atoms with Gasteiger partial charge < -0.3 is 43.4 Å². The van der Waals surface area contributed by atoms with E-state index in [1.54, 1.807) is 0 Å². The third kappa shape index (κ3) is 9.20. The van der Waals surface area contributed by atoms with Gasteiger partial charge in [0, 0.05) is 25.2 Å². The van der Waals surface area contributed by atoms with Gasteiger partial charge in [-0.15, -0.1) is 0 Å². The van der Waals surface area contributed by atoms with Crippen molar-refractivity contribution in [1.29, 1.82) is 0 Å². The molecule has 1 aromatic rings. The smallest absolute Gasteiger partial charge is 0.351 e. The van der Waals surface area contributed by atoms with Gasteiger partial charge in [0.15, 0.2) is 18.3 Å². The number of ether oxygens (including phenoxy) is 1. The van der Waals surface area contributed by atoms with Gasteiger partial charge in [-0.05, 0) is 30.9 Å². The number of amides is 2. The average molecular weight is 522 g/mol. The van der Waals surface area contributed by atoms with Crippen LogP contribution in [-0.2, 0) is 19.1 Å². The molecule has 0 saturated heterocycles. The number of nitrogen functional groups attached to an aromatic ring is 1. The number of rotatable bonds is 12. The van der Waals surface area contributed by atoms with Crippen LogP contribution < -0.4 is 39.3 Å². The van der Waals surface area contributed by atoms with Gasteiger partial charge in [0.25, 0.3) is 0 Å². The maximum absolute atomic E-state index is 12.8. The SMILES string of the molecule is CC(C)C[C@H](N)C(=O)N[C@@H](CCN=C(N)N)CC(=O)N[C@H]1C=C[C@H](n2ccc(N)nc2=O)O[C@@H]1C(=O)O. The van der Waals surface area contributed by atoms with Crippen molar-refractivity contribution in [2.24, 2.45) is 28.1 Å². The summed E-state index contributed by atoms with van der Waals surface area (Å²) in [5.41, 5.74) is 21.4. The van der Waals surface area contributed by atoms with Crippen molar-refractivity contribution in [1.82, 2.24) is 20.2 Å². The standard InChI is InChI=1S/C22H35N9O6/c1-11(2)9-13(23)19(33)28-12(5-7-27-21(25)26)10-16(32)29-14-3-4-17(37-18(14)20(34)35)31-8-6-15(24)30-22(31)36/h3-4,6,8,11-14,17-18H,5,7,9-10,23H2,1-2H3,(H,28,33)(H,29,32)(H,34,35)(H2,24,30,36)(H4,25,26,27)/t12-,13-,14-,17+,18-/m0/s1. The number of nitrogens with one attached hydrogen (secondary N) is 2. The highest BCUT2D eigenvalue weighted by molar-refractivity contribution is 5.84. The summed E-state index contributed by atoms with van der Waals surface area (Å²) in [4.78, 5) is 56.8. The zero-order valence-corrected chi connectivity index (χ0v) is 20.7. The summed E-state index contributed by atoms with van der Waals surface area (Å²) >= 11 is 0. The lowest BCUT2D eigenvalue weighted by atomic mass is 10.0. The lowest BCUT2D eigenvalue weighted by Gasteiger charge is -2.31. The van der Waals surface area contributed by atoms with Crippen LogP contribution >= 0.6 is 0 Å². The maximum Gasteiger partial charge on any atom is 0.351 e. The number of nitrogens with two attached hydrogens (primary N) is 4. The molecule has 0 saturated carbocycles. The number of aromatic nitrogens is 2. The first kappa shape index (κ1) is 29.3. The van der Waals surface area contributed by atoms with E-state index in [1.807, 2.05) is 13.8 Å². The first-order valence-electron chi connectivity index (χ1n) is 11.7. The fourth-order valence-electron chi connectivity index (χ4n) is 3.68. The van der Waals surface area contributed by atoms with Crippen LogP contribution in [-0.4, -0.2) is 69.2 Å². The molecular weight excluding hydrogens is 486 g/mol. The number of carbonyl (C=O) groups excluding carboxylic acids is 2. The van der Waals surface area contributed by atoms with Gasteiger partial charge in [-0.2, -0.15) is 4.98 Å². The number of hydrogen-bond donors (Lipinski definition) is 7. The molecule has 37 heavy (non-hydrogen) atoms. The van der Waals surface area contributed by atoms with Crippen molar-refractivity contribution in [3.8, 4) is 0 Å². The number of carbonyl (C=O) groups is 3. The molecule has 0 aromatic carbocycles. The Labute approximate surface area is 213 Å². The Morgan fingerprint density at radius 3 is 2.57 bits per heavy atom. The Hall–Kier alpha value is -3.98.